The molecule has 0 saturated carbocycles. The van der Waals surface area contributed by atoms with Crippen molar-refractivity contribution in [3.63, 3.8) is 0 Å². The molecule has 134 valence electrons. The number of carbonyl (C=O) groups excluding carboxylic acids is 1. The minimum atomic E-state index is -4.29. The van der Waals surface area contributed by atoms with Crippen molar-refractivity contribution in [1.82, 2.24) is 10.2 Å². The van der Waals surface area contributed by atoms with E-state index in [1.807, 2.05) is 11.8 Å². The number of rotatable bonds is 5. The van der Waals surface area contributed by atoms with Gasteiger partial charge in [-0.15, -0.1) is 0 Å². The van der Waals surface area contributed by atoms with Crippen molar-refractivity contribution in [2.45, 2.75) is 51.9 Å². The summed E-state index contributed by atoms with van der Waals surface area (Å²) in [5.74, 6) is 0.568. The van der Waals surface area contributed by atoms with Gasteiger partial charge in [0.15, 0.2) is 0 Å². The summed E-state index contributed by atoms with van der Waals surface area (Å²) in [6.45, 7) is 6.03. The summed E-state index contributed by atoms with van der Waals surface area (Å²) in [6.07, 6.45) is -1.92. The molecule has 24 heavy (non-hydrogen) atoms. The van der Waals surface area contributed by atoms with Crippen molar-refractivity contribution in [3.05, 3.63) is 35.4 Å². The molecule has 1 amide bonds. The van der Waals surface area contributed by atoms with Crippen LogP contribution in [-0.2, 0) is 17.5 Å². The summed E-state index contributed by atoms with van der Waals surface area (Å²) < 4.78 is 37.7. The molecule has 1 aromatic rings. The average Bonchev–Trinajstić information content (AvgIpc) is 2.58. The normalized spacial score (nSPS) is 21.8. The van der Waals surface area contributed by atoms with E-state index in [4.69, 9.17) is 0 Å². The standard InChI is InChI=1S/C18H25F3N2O/c1-3-14-12-23(17(24)4-2)10-9-16(14)22-11-13-5-7-15(8-6-13)18(19,20)21/h5-8,14,16,22H,3-4,9-12H2,1-2H3/t14-,16+/m0/s1. The molecule has 0 bridgehead atoms. The van der Waals surface area contributed by atoms with E-state index in [0.717, 1.165) is 43.6 Å². The van der Waals surface area contributed by atoms with Gasteiger partial charge in [0.2, 0.25) is 5.91 Å². The van der Waals surface area contributed by atoms with E-state index in [1.54, 1.807) is 0 Å². The molecule has 1 N–H and O–H groups in total. The van der Waals surface area contributed by atoms with E-state index >= 15 is 0 Å². The summed E-state index contributed by atoms with van der Waals surface area (Å²) in [7, 11) is 0. The fourth-order valence-electron chi connectivity index (χ4n) is 3.23. The van der Waals surface area contributed by atoms with Gasteiger partial charge in [-0.3, -0.25) is 4.79 Å². The van der Waals surface area contributed by atoms with Gasteiger partial charge in [0.1, 0.15) is 0 Å². The second kappa shape index (κ2) is 8.01. The molecule has 0 radical (unpaired) electrons. The predicted octanol–water partition coefficient (Wildman–Crippen LogP) is 3.83. The highest BCUT2D eigenvalue weighted by Gasteiger charge is 2.31. The van der Waals surface area contributed by atoms with Gasteiger partial charge in [0.25, 0.3) is 0 Å². The first-order valence-electron chi connectivity index (χ1n) is 8.52. The van der Waals surface area contributed by atoms with Crippen LogP contribution in [0.1, 0.15) is 44.2 Å². The van der Waals surface area contributed by atoms with Crippen molar-refractivity contribution < 1.29 is 18.0 Å². The van der Waals surface area contributed by atoms with E-state index in [0.29, 0.717) is 18.9 Å². The molecule has 3 nitrogen and oxygen atoms in total. The zero-order chi connectivity index (χ0) is 17.7. The molecule has 0 unspecified atom stereocenters. The molecule has 1 saturated heterocycles. The number of amides is 1. The number of likely N-dealkylation sites (tertiary alicyclic amines) is 1. The van der Waals surface area contributed by atoms with Gasteiger partial charge in [-0.25, -0.2) is 0 Å². The monoisotopic (exact) mass is 342 g/mol. The molecule has 0 spiro atoms. The third-order valence-corrected chi connectivity index (χ3v) is 4.76. The molecule has 6 heteroatoms. The van der Waals surface area contributed by atoms with Gasteiger partial charge in [-0.05, 0) is 30.0 Å². The third kappa shape index (κ3) is 4.72. The maximum Gasteiger partial charge on any atom is 0.416 e. The van der Waals surface area contributed by atoms with Gasteiger partial charge in [0, 0.05) is 32.1 Å². The highest BCUT2D eigenvalue weighted by molar-refractivity contribution is 5.75. The Kier molecular flexibility index (Phi) is 6.27. The fourth-order valence-corrected chi connectivity index (χ4v) is 3.23. The van der Waals surface area contributed by atoms with Crippen molar-refractivity contribution >= 4 is 5.91 Å². The molecule has 1 fully saturated rings. The number of halogens is 3. The molecule has 1 heterocycles. The SMILES string of the molecule is CCC(=O)N1CC[C@@H](NCc2ccc(C(F)(F)F)cc2)[C@@H](CC)C1. The summed E-state index contributed by atoms with van der Waals surface area (Å²) in [5, 5.41) is 3.46. The number of benzene rings is 1. The van der Waals surface area contributed by atoms with Gasteiger partial charge in [0.05, 0.1) is 5.56 Å². The van der Waals surface area contributed by atoms with Crippen LogP contribution >= 0.6 is 0 Å². The topological polar surface area (TPSA) is 32.3 Å². The largest absolute Gasteiger partial charge is 0.416 e. The van der Waals surface area contributed by atoms with E-state index in [1.165, 1.54) is 12.1 Å². The number of piperidine rings is 1. The first-order chi connectivity index (χ1) is 11.3. The maximum absolute atomic E-state index is 12.6. The second-order valence-electron chi connectivity index (χ2n) is 6.33. The Balaban J connectivity index is 1.90. The molecule has 1 aliphatic heterocycles. The van der Waals surface area contributed by atoms with E-state index < -0.39 is 11.7 Å². The minimum absolute atomic E-state index is 0.189. The third-order valence-electron chi connectivity index (χ3n) is 4.76. The Bertz CT molecular complexity index is 542. The van der Waals surface area contributed by atoms with E-state index in [2.05, 4.69) is 12.2 Å². The maximum atomic E-state index is 12.6. The zero-order valence-electron chi connectivity index (χ0n) is 14.2. The lowest BCUT2D eigenvalue weighted by atomic mass is 9.89. The lowest BCUT2D eigenvalue weighted by Gasteiger charge is -2.38. The van der Waals surface area contributed by atoms with Crippen LogP contribution < -0.4 is 5.32 Å². The van der Waals surface area contributed by atoms with Gasteiger partial charge in [-0.2, -0.15) is 13.2 Å². The Morgan fingerprint density at radius 1 is 1.25 bits per heavy atom. The van der Waals surface area contributed by atoms with Crippen molar-refractivity contribution in [2.75, 3.05) is 13.1 Å². The van der Waals surface area contributed by atoms with Crippen molar-refractivity contribution in [1.29, 1.82) is 0 Å². The molecule has 1 aromatic carbocycles. The van der Waals surface area contributed by atoms with Crippen LogP contribution in [0.15, 0.2) is 24.3 Å². The van der Waals surface area contributed by atoms with Crippen LogP contribution in [0.3, 0.4) is 0 Å². The predicted molar refractivity (Wildman–Crippen MR) is 87.3 cm³/mol. The number of nitrogens with one attached hydrogen (secondary N) is 1. The Hall–Kier alpha value is -1.56. The quantitative estimate of drug-likeness (QED) is 0.882. The van der Waals surface area contributed by atoms with Crippen LogP contribution in [0.25, 0.3) is 0 Å². The van der Waals surface area contributed by atoms with Crippen molar-refractivity contribution in [2.24, 2.45) is 5.92 Å². The Morgan fingerprint density at radius 2 is 1.92 bits per heavy atom. The molecular weight excluding hydrogens is 317 g/mol. The second-order valence-corrected chi connectivity index (χ2v) is 6.33. The number of hydrogen-bond acceptors (Lipinski definition) is 2. The van der Waals surface area contributed by atoms with Crippen LogP contribution in [0.2, 0.25) is 0 Å². The average molecular weight is 342 g/mol. The molecule has 2 rings (SSSR count). The highest BCUT2D eigenvalue weighted by atomic mass is 19.4. The van der Waals surface area contributed by atoms with E-state index in [-0.39, 0.29) is 11.9 Å². The Labute approximate surface area is 141 Å². The zero-order valence-corrected chi connectivity index (χ0v) is 14.2. The molecule has 0 aromatic heterocycles. The van der Waals surface area contributed by atoms with Crippen LogP contribution in [0.4, 0.5) is 13.2 Å². The summed E-state index contributed by atoms with van der Waals surface area (Å²) in [5.41, 5.74) is 0.217. The molecule has 1 aliphatic rings. The van der Waals surface area contributed by atoms with Crippen LogP contribution in [0.5, 0.6) is 0 Å². The molecule has 0 aliphatic carbocycles. The van der Waals surface area contributed by atoms with E-state index in [9.17, 15) is 18.0 Å². The van der Waals surface area contributed by atoms with Crippen LogP contribution in [0, 0.1) is 5.92 Å². The lowest BCUT2D eigenvalue weighted by molar-refractivity contribution is -0.137. The number of alkyl halides is 3. The molecular formula is C18H25F3N2O. The number of nitrogens with zero attached hydrogens (tertiary/aromatic N) is 1. The summed E-state index contributed by atoms with van der Waals surface area (Å²) in [4.78, 5) is 13.8. The summed E-state index contributed by atoms with van der Waals surface area (Å²) >= 11 is 0. The van der Waals surface area contributed by atoms with Gasteiger partial charge < -0.3 is 10.2 Å². The lowest BCUT2D eigenvalue weighted by Crippen LogP contribution is -2.50. The van der Waals surface area contributed by atoms with Crippen molar-refractivity contribution in [3.8, 4) is 0 Å². The smallest absolute Gasteiger partial charge is 0.342 e. The fraction of sp³-hybridized carbons (Fsp3) is 0.611. The highest BCUT2D eigenvalue weighted by Crippen LogP contribution is 2.29. The number of hydrogen-bond donors (Lipinski definition) is 1. The van der Waals surface area contributed by atoms with Gasteiger partial charge in [-0.1, -0.05) is 32.4 Å². The first-order valence-corrected chi connectivity index (χ1v) is 8.52. The molecule has 2 atom stereocenters. The van der Waals surface area contributed by atoms with Gasteiger partial charge >= 0.3 is 6.18 Å². The first kappa shape index (κ1) is 18.8. The summed E-state index contributed by atoms with van der Waals surface area (Å²) in [6, 6.07) is 5.57. The Morgan fingerprint density at radius 3 is 2.46 bits per heavy atom. The number of carbonyl (C=O) groups is 1. The van der Waals surface area contributed by atoms with Crippen LogP contribution in [-0.4, -0.2) is 29.9 Å². The minimum Gasteiger partial charge on any atom is -0.342 e.